The molecule has 0 aliphatic carbocycles. The molecule has 1 atom stereocenters. The largest absolute Gasteiger partial charge is 0.456 e. The molecule has 0 spiro atoms. The SMILES string of the molecule is Cc1ccc(C(O)C(F)(F)C(F)(F)F)cc1. The lowest BCUT2D eigenvalue weighted by Crippen LogP contribution is -2.42. The number of rotatable bonds is 2. The van der Waals surface area contributed by atoms with Crippen LogP contribution in [0.15, 0.2) is 24.3 Å². The van der Waals surface area contributed by atoms with Crippen molar-refractivity contribution in [3.05, 3.63) is 35.4 Å². The molecule has 1 N–H and O–H groups in total. The maximum atomic E-state index is 12.7. The van der Waals surface area contributed by atoms with Crippen LogP contribution in [0.25, 0.3) is 0 Å². The van der Waals surface area contributed by atoms with E-state index >= 15 is 0 Å². The summed E-state index contributed by atoms with van der Waals surface area (Å²) < 4.78 is 61.3. The summed E-state index contributed by atoms with van der Waals surface area (Å²) >= 11 is 0. The Hall–Kier alpha value is -1.17. The van der Waals surface area contributed by atoms with Crippen molar-refractivity contribution in [2.75, 3.05) is 0 Å². The van der Waals surface area contributed by atoms with Gasteiger partial charge < -0.3 is 5.11 Å². The van der Waals surface area contributed by atoms with Crippen LogP contribution in [0.1, 0.15) is 17.2 Å². The maximum Gasteiger partial charge on any atom is 0.456 e. The number of halogens is 5. The van der Waals surface area contributed by atoms with Crippen molar-refractivity contribution in [1.82, 2.24) is 0 Å². The summed E-state index contributed by atoms with van der Waals surface area (Å²) in [7, 11) is 0. The van der Waals surface area contributed by atoms with Gasteiger partial charge in [0.05, 0.1) is 0 Å². The Morgan fingerprint density at radius 2 is 1.44 bits per heavy atom. The molecule has 1 nitrogen and oxygen atoms in total. The Labute approximate surface area is 88.5 Å². The topological polar surface area (TPSA) is 20.2 Å². The van der Waals surface area contributed by atoms with Crippen molar-refractivity contribution in [2.45, 2.75) is 25.1 Å². The summed E-state index contributed by atoms with van der Waals surface area (Å²) in [6, 6.07) is 4.79. The van der Waals surface area contributed by atoms with E-state index in [2.05, 4.69) is 0 Å². The molecular formula is C10H9F5O. The molecule has 0 fully saturated rings. The van der Waals surface area contributed by atoms with Crippen LogP contribution in [0.5, 0.6) is 0 Å². The maximum absolute atomic E-state index is 12.7. The number of aryl methyl sites for hydroxylation is 1. The van der Waals surface area contributed by atoms with Gasteiger partial charge in [-0.15, -0.1) is 0 Å². The summed E-state index contributed by atoms with van der Waals surface area (Å²) in [5.74, 6) is -5.15. The molecular weight excluding hydrogens is 231 g/mol. The molecule has 16 heavy (non-hydrogen) atoms. The van der Waals surface area contributed by atoms with E-state index in [0.29, 0.717) is 5.56 Å². The molecule has 0 heterocycles. The first-order valence-electron chi connectivity index (χ1n) is 4.35. The zero-order valence-corrected chi connectivity index (χ0v) is 8.22. The minimum Gasteiger partial charge on any atom is -0.382 e. The van der Waals surface area contributed by atoms with Crippen LogP contribution in [0, 0.1) is 6.92 Å². The summed E-state index contributed by atoms with van der Waals surface area (Å²) in [5.41, 5.74) is 0.235. The van der Waals surface area contributed by atoms with Gasteiger partial charge in [-0.3, -0.25) is 0 Å². The molecule has 0 radical (unpaired) electrons. The molecule has 1 unspecified atom stereocenters. The van der Waals surface area contributed by atoms with Gasteiger partial charge in [-0.2, -0.15) is 22.0 Å². The second-order valence-electron chi connectivity index (χ2n) is 3.43. The van der Waals surface area contributed by atoms with E-state index < -0.39 is 23.8 Å². The van der Waals surface area contributed by atoms with Crippen molar-refractivity contribution >= 4 is 0 Å². The van der Waals surface area contributed by atoms with E-state index in [4.69, 9.17) is 5.11 Å². The highest BCUT2D eigenvalue weighted by atomic mass is 19.4. The molecule has 0 aromatic heterocycles. The van der Waals surface area contributed by atoms with E-state index in [1.807, 2.05) is 0 Å². The summed E-state index contributed by atoms with van der Waals surface area (Å²) in [6.45, 7) is 1.65. The molecule has 1 aromatic rings. The molecule has 6 heteroatoms. The smallest absolute Gasteiger partial charge is 0.382 e. The second kappa shape index (κ2) is 4.01. The first-order chi connectivity index (χ1) is 7.16. The first kappa shape index (κ1) is 12.9. The van der Waals surface area contributed by atoms with Gasteiger partial charge in [-0.05, 0) is 12.5 Å². The third-order valence-electron chi connectivity index (χ3n) is 2.11. The monoisotopic (exact) mass is 240 g/mol. The molecule has 90 valence electrons. The van der Waals surface area contributed by atoms with E-state index in [1.165, 1.54) is 12.1 Å². The van der Waals surface area contributed by atoms with E-state index in [-0.39, 0.29) is 0 Å². The van der Waals surface area contributed by atoms with Gasteiger partial charge in [0, 0.05) is 0 Å². The molecule has 0 saturated heterocycles. The predicted molar refractivity (Wildman–Crippen MR) is 47.1 cm³/mol. The fourth-order valence-electron chi connectivity index (χ4n) is 1.11. The minimum absolute atomic E-state index is 0.465. The van der Waals surface area contributed by atoms with Gasteiger partial charge in [0.2, 0.25) is 0 Å². The molecule has 1 rings (SSSR count). The van der Waals surface area contributed by atoms with Crippen molar-refractivity contribution in [2.24, 2.45) is 0 Å². The summed E-state index contributed by atoms with van der Waals surface area (Å²) in [4.78, 5) is 0. The second-order valence-corrected chi connectivity index (χ2v) is 3.43. The lowest BCUT2D eigenvalue weighted by atomic mass is 10.0. The highest BCUT2D eigenvalue weighted by Crippen LogP contribution is 2.44. The van der Waals surface area contributed by atoms with Gasteiger partial charge in [-0.25, -0.2) is 0 Å². The van der Waals surface area contributed by atoms with Gasteiger partial charge in [0.1, 0.15) is 0 Å². The molecule has 0 aliphatic heterocycles. The van der Waals surface area contributed by atoms with Gasteiger partial charge >= 0.3 is 12.1 Å². The number of hydrogen-bond acceptors (Lipinski definition) is 1. The number of hydrogen-bond donors (Lipinski definition) is 1. The van der Waals surface area contributed by atoms with Crippen LogP contribution >= 0.6 is 0 Å². The van der Waals surface area contributed by atoms with Crippen LogP contribution < -0.4 is 0 Å². The normalized spacial score (nSPS) is 14.9. The Morgan fingerprint density at radius 3 is 1.81 bits per heavy atom. The fraction of sp³-hybridized carbons (Fsp3) is 0.400. The third-order valence-corrected chi connectivity index (χ3v) is 2.11. The quantitative estimate of drug-likeness (QED) is 0.787. The average Bonchev–Trinajstić information content (AvgIpc) is 2.16. The predicted octanol–water partition coefficient (Wildman–Crippen LogP) is 3.23. The summed E-state index contributed by atoms with van der Waals surface area (Å²) in [5, 5.41) is 9.00. The van der Waals surface area contributed by atoms with Crippen LogP contribution in [0.4, 0.5) is 22.0 Å². The highest BCUT2D eigenvalue weighted by Gasteiger charge is 2.62. The van der Waals surface area contributed by atoms with Crippen molar-refractivity contribution in [3.8, 4) is 0 Å². The fourth-order valence-corrected chi connectivity index (χ4v) is 1.11. The molecule has 0 aliphatic rings. The number of aliphatic hydroxyl groups excluding tert-OH is 1. The van der Waals surface area contributed by atoms with Crippen molar-refractivity contribution in [3.63, 3.8) is 0 Å². The molecule has 0 amide bonds. The zero-order valence-electron chi connectivity index (χ0n) is 8.22. The molecule has 1 aromatic carbocycles. The van der Waals surface area contributed by atoms with Crippen LogP contribution in [-0.4, -0.2) is 17.2 Å². The standard InChI is InChI=1S/C10H9F5O/c1-6-2-4-7(5-3-6)8(16)9(11,12)10(13,14)15/h2-5,8,16H,1H3. The highest BCUT2D eigenvalue weighted by molar-refractivity contribution is 5.24. The van der Waals surface area contributed by atoms with Crippen LogP contribution in [-0.2, 0) is 0 Å². The van der Waals surface area contributed by atoms with Crippen molar-refractivity contribution < 1.29 is 27.1 Å². The van der Waals surface area contributed by atoms with E-state index in [1.54, 1.807) is 6.92 Å². The first-order valence-corrected chi connectivity index (χ1v) is 4.35. The van der Waals surface area contributed by atoms with Crippen LogP contribution in [0.3, 0.4) is 0 Å². The summed E-state index contributed by atoms with van der Waals surface area (Å²) in [6.07, 6.45) is -8.65. The number of alkyl halides is 5. The number of aliphatic hydroxyl groups is 1. The Balaban J connectivity index is 3.02. The Bertz CT molecular complexity index is 354. The number of benzene rings is 1. The van der Waals surface area contributed by atoms with Gasteiger partial charge in [-0.1, -0.05) is 29.8 Å². The van der Waals surface area contributed by atoms with E-state index in [9.17, 15) is 22.0 Å². The van der Waals surface area contributed by atoms with Gasteiger partial charge in [0.15, 0.2) is 6.10 Å². The third kappa shape index (κ3) is 2.32. The molecule has 0 saturated carbocycles. The molecule has 0 bridgehead atoms. The lowest BCUT2D eigenvalue weighted by molar-refractivity contribution is -0.315. The van der Waals surface area contributed by atoms with Crippen molar-refractivity contribution in [1.29, 1.82) is 0 Å². The average molecular weight is 240 g/mol. The minimum atomic E-state index is -5.77. The Morgan fingerprint density at radius 1 is 1.00 bits per heavy atom. The van der Waals surface area contributed by atoms with Gasteiger partial charge in [0.25, 0.3) is 0 Å². The zero-order chi connectivity index (χ0) is 12.6. The Kier molecular flexibility index (Phi) is 3.23. The van der Waals surface area contributed by atoms with Crippen LogP contribution in [0.2, 0.25) is 0 Å². The lowest BCUT2D eigenvalue weighted by Gasteiger charge is -2.25. The van der Waals surface area contributed by atoms with E-state index in [0.717, 1.165) is 12.1 Å².